The Morgan fingerprint density at radius 2 is 2.03 bits per heavy atom. The highest BCUT2D eigenvalue weighted by Gasteiger charge is 2.66. The molecule has 2 aliphatic heterocycles. The number of hydrogen-bond donors (Lipinski definition) is 0. The second-order valence-electron chi connectivity index (χ2n) is 12.6. The van der Waals surface area contributed by atoms with Crippen LogP contribution in [0, 0.1) is 11.3 Å². The standard InChI is InChI=1S/C32H40N2O/c1-4-17-34(3)27-8-7-25-19-26-11-13-30(2)28(23-6-5-22-12-16-33-21-24(22)18-23)9-10-29(30)32(26)15-14-31(25,20-27)35-32/h5-6,11-12,16,18-19,21,27-29H,4,7-10,13-15,17,20H2,1-3H3/t27-,28+,29+,30+,31+,32+/m0/s1. The molecule has 3 nitrogen and oxygen atoms in total. The number of allylic oxidation sites excluding steroid dienone is 1. The van der Waals surface area contributed by atoms with E-state index in [1.165, 1.54) is 86.2 Å². The van der Waals surface area contributed by atoms with E-state index in [4.69, 9.17) is 4.74 Å². The van der Waals surface area contributed by atoms with Crippen LogP contribution in [0.25, 0.3) is 10.8 Å². The number of aromatic nitrogens is 1. The lowest BCUT2D eigenvalue weighted by Crippen LogP contribution is -2.55. The van der Waals surface area contributed by atoms with Crippen molar-refractivity contribution in [2.75, 3.05) is 13.6 Å². The van der Waals surface area contributed by atoms with E-state index in [2.05, 4.69) is 67.2 Å². The van der Waals surface area contributed by atoms with E-state index in [-0.39, 0.29) is 16.6 Å². The van der Waals surface area contributed by atoms with Crippen LogP contribution in [-0.4, -0.2) is 40.7 Å². The van der Waals surface area contributed by atoms with E-state index in [9.17, 15) is 0 Å². The molecule has 0 amide bonds. The van der Waals surface area contributed by atoms with Gasteiger partial charge in [0, 0.05) is 23.8 Å². The van der Waals surface area contributed by atoms with Gasteiger partial charge in [0.05, 0.1) is 11.2 Å². The van der Waals surface area contributed by atoms with Crippen molar-refractivity contribution in [3.05, 3.63) is 65.5 Å². The van der Waals surface area contributed by atoms with Crippen molar-refractivity contribution in [3.63, 3.8) is 0 Å². The SMILES string of the molecule is CCCN(C)[C@H]1CCC2=CC3=CC[C@]4(C)[C@@H](c5ccc6ccncc6c5)CC[C@H]4[C@@]34CC[C@]2(C1)O4. The third-order valence-electron chi connectivity index (χ3n) is 10.9. The predicted octanol–water partition coefficient (Wildman–Crippen LogP) is 7.19. The lowest BCUT2D eigenvalue weighted by atomic mass is 9.58. The minimum absolute atomic E-state index is 0.00673. The fraction of sp³-hybridized carbons (Fsp3) is 0.594. The number of ether oxygens (including phenoxy) is 1. The minimum Gasteiger partial charge on any atom is -0.359 e. The minimum atomic E-state index is -0.0606. The largest absolute Gasteiger partial charge is 0.359 e. The van der Waals surface area contributed by atoms with Gasteiger partial charge in [-0.15, -0.1) is 0 Å². The molecule has 0 radical (unpaired) electrons. The Morgan fingerprint density at radius 3 is 2.91 bits per heavy atom. The van der Waals surface area contributed by atoms with E-state index in [1.807, 2.05) is 12.4 Å². The number of hydrogen-bond acceptors (Lipinski definition) is 3. The highest BCUT2D eigenvalue weighted by molar-refractivity contribution is 5.82. The summed E-state index contributed by atoms with van der Waals surface area (Å²) in [6, 6.07) is 9.90. The first-order valence-corrected chi connectivity index (χ1v) is 14.1. The first-order valence-electron chi connectivity index (χ1n) is 14.1. The Morgan fingerprint density at radius 1 is 1.11 bits per heavy atom. The summed E-state index contributed by atoms with van der Waals surface area (Å²) in [7, 11) is 2.33. The van der Waals surface area contributed by atoms with Crippen LogP contribution in [0.2, 0.25) is 0 Å². The molecule has 6 atom stereocenters. The van der Waals surface area contributed by atoms with Crippen LogP contribution in [0.3, 0.4) is 0 Å². The molecule has 1 saturated heterocycles. The lowest BCUT2D eigenvalue weighted by Gasteiger charge is -2.55. The average molecular weight is 469 g/mol. The molecule has 7 rings (SSSR count). The maximum Gasteiger partial charge on any atom is 0.0974 e. The summed E-state index contributed by atoms with van der Waals surface area (Å²) >= 11 is 0. The van der Waals surface area contributed by atoms with Crippen LogP contribution in [-0.2, 0) is 4.74 Å². The molecule has 3 heteroatoms. The van der Waals surface area contributed by atoms with Gasteiger partial charge in [0.1, 0.15) is 0 Å². The van der Waals surface area contributed by atoms with Gasteiger partial charge in [0.15, 0.2) is 0 Å². The molecule has 2 bridgehead atoms. The quantitative estimate of drug-likeness (QED) is 0.475. The summed E-state index contributed by atoms with van der Waals surface area (Å²) in [5, 5.41) is 2.56. The third kappa shape index (κ3) is 3.07. The fourth-order valence-corrected chi connectivity index (χ4v) is 9.16. The molecule has 184 valence electrons. The molecular formula is C32H40N2O. The van der Waals surface area contributed by atoms with Crippen molar-refractivity contribution in [2.45, 2.75) is 94.8 Å². The highest BCUT2D eigenvalue weighted by atomic mass is 16.5. The van der Waals surface area contributed by atoms with E-state index in [0.717, 1.165) is 0 Å². The number of rotatable bonds is 4. The predicted molar refractivity (Wildman–Crippen MR) is 142 cm³/mol. The second kappa shape index (κ2) is 7.76. The van der Waals surface area contributed by atoms with Crippen LogP contribution >= 0.6 is 0 Å². The molecule has 1 aromatic heterocycles. The van der Waals surface area contributed by atoms with Gasteiger partial charge in [0.2, 0.25) is 0 Å². The molecule has 0 unspecified atom stereocenters. The van der Waals surface area contributed by atoms with Gasteiger partial charge in [-0.05, 0) is 123 Å². The van der Waals surface area contributed by atoms with Crippen LogP contribution < -0.4 is 0 Å². The number of benzene rings is 1. The van der Waals surface area contributed by atoms with Crippen molar-refractivity contribution in [2.24, 2.45) is 11.3 Å². The van der Waals surface area contributed by atoms with Crippen LogP contribution in [0.1, 0.15) is 83.1 Å². The Bertz CT molecular complexity index is 1230. The molecule has 1 aromatic carbocycles. The molecule has 2 saturated carbocycles. The van der Waals surface area contributed by atoms with Crippen molar-refractivity contribution in [3.8, 4) is 0 Å². The zero-order chi connectivity index (χ0) is 23.8. The van der Waals surface area contributed by atoms with Crippen molar-refractivity contribution in [1.29, 1.82) is 0 Å². The van der Waals surface area contributed by atoms with Gasteiger partial charge in [-0.25, -0.2) is 0 Å². The zero-order valence-electron chi connectivity index (χ0n) is 21.7. The molecule has 35 heavy (non-hydrogen) atoms. The highest BCUT2D eigenvalue weighted by Crippen LogP contribution is 2.69. The summed E-state index contributed by atoms with van der Waals surface area (Å²) in [4.78, 5) is 7.00. The molecule has 3 aliphatic carbocycles. The molecular weight excluding hydrogens is 428 g/mol. The van der Waals surface area contributed by atoms with Gasteiger partial charge in [-0.1, -0.05) is 38.1 Å². The van der Waals surface area contributed by atoms with E-state index in [0.29, 0.717) is 17.9 Å². The monoisotopic (exact) mass is 468 g/mol. The Hall–Kier alpha value is -1.97. The summed E-state index contributed by atoms with van der Waals surface area (Å²) in [5.74, 6) is 1.19. The van der Waals surface area contributed by atoms with Gasteiger partial charge in [-0.2, -0.15) is 0 Å². The maximum atomic E-state index is 7.50. The Balaban J connectivity index is 1.24. The molecule has 3 heterocycles. The lowest BCUT2D eigenvalue weighted by molar-refractivity contribution is -0.140. The van der Waals surface area contributed by atoms with E-state index >= 15 is 0 Å². The number of pyridine rings is 1. The smallest absolute Gasteiger partial charge is 0.0974 e. The average Bonchev–Trinajstić information content (AvgIpc) is 3.38. The summed E-state index contributed by atoms with van der Waals surface area (Å²) in [6.45, 7) is 6.07. The molecule has 2 aromatic rings. The van der Waals surface area contributed by atoms with E-state index in [1.54, 1.807) is 5.57 Å². The topological polar surface area (TPSA) is 25.4 Å². The van der Waals surface area contributed by atoms with Gasteiger partial charge in [-0.3, -0.25) is 4.98 Å². The number of fused-ring (bicyclic) bond motifs is 2. The molecule has 0 N–H and O–H groups in total. The maximum absolute atomic E-state index is 7.50. The number of nitrogens with zero attached hydrogens (tertiary/aromatic N) is 2. The Kier molecular flexibility index (Phi) is 4.93. The summed E-state index contributed by atoms with van der Waals surface area (Å²) in [5.41, 5.74) is 4.83. The van der Waals surface area contributed by atoms with Crippen molar-refractivity contribution in [1.82, 2.24) is 9.88 Å². The van der Waals surface area contributed by atoms with Crippen LogP contribution in [0.15, 0.2) is 60.0 Å². The van der Waals surface area contributed by atoms with Crippen molar-refractivity contribution < 1.29 is 4.74 Å². The normalized spacial score (nSPS) is 39.7. The van der Waals surface area contributed by atoms with Gasteiger partial charge >= 0.3 is 0 Å². The first kappa shape index (κ1) is 22.2. The van der Waals surface area contributed by atoms with Crippen LogP contribution in [0.4, 0.5) is 0 Å². The zero-order valence-corrected chi connectivity index (χ0v) is 21.7. The first-order chi connectivity index (χ1) is 17.0. The molecule has 3 fully saturated rings. The van der Waals surface area contributed by atoms with Crippen molar-refractivity contribution >= 4 is 10.8 Å². The Labute approximate surface area is 210 Å². The van der Waals surface area contributed by atoms with Gasteiger partial charge in [0.25, 0.3) is 0 Å². The fourth-order valence-electron chi connectivity index (χ4n) is 9.16. The molecule has 5 aliphatic rings. The van der Waals surface area contributed by atoms with Crippen LogP contribution in [0.5, 0.6) is 0 Å². The second-order valence-corrected chi connectivity index (χ2v) is 12.6. The summed E-state index contributed by atoms with van der Waals surface area (Å²) in [6.07, 6.45) is 20.2. The van der Waals surface area contributed by atoms with E-state index < -0.39 is 0 Å². The molecule has 2 spiro atoms. The summed E-state index contributed by atoms with van der Waals surface area (Å²) < 4.78 is 7.50. The third-order valence-corrected chi connectivity index (χ3v) is 10.9. The van der Waals surface area contributed by atoms with Gasteiger partial charge < -0.3 is 9.64 Å².